The van der Waals surface area contributed by atoms with Crippen LogP contribution in [0.5, 0.6) is 5.75 Å². The molecule has 0 aliphatic carbocycles. The van der Waals surface area contributed by atoms with Gasteiger partial charge in [0.2, 0.25) is 0 Å². The Labute approximate surface area is 110 Å². The van der Waals surface area contributed by atoms with Crippen molar-refractivity contribution in [2.24, 2.45) is 5.73 Å². The molecule has 0 aliphatic heterocycles. The molecule has 2 N–H and O–H groups in total. The monoisotopic (exact) mass is 263 g/mol. The largest absolute Gasteiger partial charge is 0.489 e. The molecule has 0 fully saturated rings. The normalized spacial score (nSPS) is 10.5. The lowest BCUT2D eigenvalue weighted by atomic mass is 10.1. The topological polar surface area (TPSA) is 35.2 Å². The van der Waals surface area contributed by atoms with Crippen LogP contribution in [0, 0.1) is 11.6 Å². The molecule has 100 valence electrons. The van der Waals surface area contributed by atoms with Gasteiger partial charge >= 0.3 is 0 Å². The minimum atomic E-state index is -0.864. The van der Waals surface area contributed by atoms with Crippen LogP contribution in [0.25, 0.3) is 0 Å². The predicted octanol–water partition coefficient (Wildman–Crippen LogP) is 3.05. The van der Waals surface area contributed by atoms with Crippen molar-refractivity contribution >= 4 is 0 Å². The van der Waals surface area contributed by atoms with E-state index in [2.05, 4.69) is 0 Å². The highest BCUT2D eigenvalue weighted by molar-refractivity contribution is 5.34. The maximum atomic E-state index is 13.5. The van der Waals surface area contributed by atoms with Crippen LogP contribution in [0.4, 0.5) is 8.78 Å². The van der Waals surface area contributed by atoms with Crippen molar-refractivity contribution in [1.82, 2.24) is 0 Å². The van der Waals surface area contributed by atoms with Crippen LogP contribution >= 0.6 is 0 Å². The molecule has 0 atom stereocenters. The molecule has 0 aromatic heterocycles. The van der Waals surface area contributed by atoms with Crippen molar-refractivity contribution in [3.8, 4) is 5.75 Å². The van der Waals surface area contributed by atoms with Gasteiger partial charge in [0.15, 0.2) is 11.6 Å². The van der Waals surface area contributed by atoms with E-state index in [0.29, 0.717) is 18.7 Å². The maximum Gasteiger partial charge on any atom is 0.165 e. The third-order valence-corrected chi connectivity index (χ3v) is 2.80. The molecule has 0 radical (unpaired) electrons. The van der Waals surface area contributed by atoms with Crippen LogP contribution in [-0.2, 0) is 13.0 Å². The van der Waals surface area contributed by atoms with Crippen LogP contribution in [0.1, 0.15) is 11.1 Å². The van der Waals surface area contributed by atoms with E-state index in [1.54, 1.807) is 6.07 Å². The number of para-hydroxylation sites is 1. The molecule has 2 aromatic carbocycles. The van der Waals surface area contributed by atoms with E-state index in [1.807, 2.05) is 18.2 Å². The average Bonchev–Trinajstić information content (AvgIpc) is 2.42. The molecule has 0 amide bonds. The first-order chi connectivity index (χ1) is 9.22. The SMILES string of the molecule is NCCc1ccccc1OCc1cccc(F)c1F. The Bertz CT molecular complexity index is 558. The Hall–Kier alpha value is -1.94. The molecular weight excluding hydrogens is 248 g/mol. The minimum Gasteiger partial charge on any atom is -0.489 e. The highest BCUT2D eigenvalue weighted by atomic mass is 19.2. The maximum absolute atomic E-state index is 13.5. The molecule has 0 heterocycles. The highest BCUT2D eigenvalue weighted by Crippen LogP contribution is 2.20. The van der Waals surface area contributed by atoms with E-state index in [4.69, 9.17) is 10.5 Å². The lowest BCUT2D eigenvalue weighted by Gasteiger charge is -2.11. The van der Waals surface area contributed by atoms with Gasteiger partial charge in [0.1, 0.15) is 12.4 Å². The first-order valence-electron chi connectivity index (χ1n) is 6.06. The number of nitrogens with two attached hydrogens (primary N) is 1. The minimum absolute atomic E-state index is 0.00875. The molecule has 0 saturated carbocycles. The van der Waals surface area contributed by atoms with Crippen molar-refractivity contribution < 1.29 is 13.5 Å². The van der Waals surface area contributed by atoms with Crippen molar-refractivity contribution in [2.45, 2.75) is 13.0 Å². The van der Waals surface area contributed by atoms with Gasteiger partial charge in [0.05, 0.1) is 0 Å². The summed E-state index contributed by atoms with van der Waals surface area (Å²) in [4.78, 5) is 0. The Kier molecular flexibility index (Phi) is 4.47. The molecule has 2 nitrogen and oxygen atoms in total. The van der Waals surface area contributed by atoms with E-state index < -0.39 is 11.6 Å². The molecule has 4 heteroatoms. The Morgan fingerprint density at radius 3 is 2.47 bits per heavy atom. The number of halogens is 2. The van der Waals surface area contributed by atoms with Gasteiger partial charge < -0.3 is 10.5 Å². The van der Waals surface area contributed by atoms with Crippen LogP contribution in [0.15, 0.2) is 42.5 Å². The van der Waals surface area contributed by atoms with Gasteiger partial charge in [-0.25, -0.2) is 8.78 Å². The lowest BCUT2D eigenvalue weighted by molar-refractivity contribution is 0.294. The van der Waals surface area contributed by atoms with Crippen molar-refractivity contribution in [3.63, 3.8) is 0 Å². The van der Waals surface area contributed by atoms with Crippen LogP contribution in [0.2, 0.25) is 0 Å². The summed E-state index contributed by atoms with van der Waals surface area (Å²) >= 11 is 0. The van der Waals surface area contributed by atoms with Gasteiger partial charge in [-0.1, -0.05) is 30.3 Å². The number of rotatable bonds is 5. The fraction of sp³-hybridized carbons (Fsp3) is 0.200. The molecule has 2 aromatic rings. The van der Waals surface area contributed by atoms with Gasteiger partial charge in [0.25, 0.3) is 0 Å². The standard InChI is InChI=1S/C15H15F2NO/c16-13-6-3-5-12(15(13)17)10-19-14-7-2-1-4-11(14)8-9-18/h1-7H,8-10,18H2. The molecule has 2 rings (SSSR count). The fourth-order valence-corrected chi connectivity index (χ4v) is 1.82. The van der Waals surface area contributed by atoms with E-state index >= 15 is 0 Å². The summed E-state index contributed by atoms with van der Waals surface area (Å²) in [6.07, 6.45) is 0.682. The molecule has 0 aliphatic rings. The van der Waals surface area contributed by atoms with E-state index in [0.717, 1.165) is 11.6 Å². The van der Waals surface area contributed by atoms with Gasteiger partial charge in [-0.2, -0.15) is 0 Å². The van der Waals surface area contributed by atoms with Crippen LogP contribution in [-0.4, -0.2) is 6.54 Å². The summed E-state index contributed by atoms with van der Waals surface area (Å²) in [5.74, 6) is -1.08. The zero-order valence-electron chi connectivity index (χ0n) is 10.4. The Morgan fingerprint density at radius 2 is 1.68 bits per heavy atom. The quantitative estimate of drug-likeness (QED) is 0.899. The molecule has 0 unspecified atom stereocenters. The molecule has 0 bridgehead atoms. The molecular formula is C15H15F2NO. The molecule has 19 heavy (non-hydrogen) atoms. The van der Waals surface area contributed by atoms with E-state index in [1.165, 1.54) is 12.1 Å². The number of hydrogen-bond acceptors (Lipinski definition) is 2. The summed E-state index contributed by atoms with van der Waals surface area (Å²) in [5, 5.41) is 0. The number of ether oxygens (including phenoxy) is 1. The molecule has 0 saturated heterocycles. The first kappa shape index (κ1) is 13.5. The summed E-state index contributed by atoms with van der Waals surface area (Å²) in [5.41, 5.74) is 6.67. The third kappa shape index (κ3) is 3.29. The van der Waals surface area contributed by atoms with Crippen molar-refractivity contribution in [2.75, 3.05) is 6.54 Å². The van der Waals surface area contributed by atoms with E-state index in [9.17, 15) is 8.78 Å². The smallest absolute Gasteiger partial charge is 0.165 e. The Morgan fingerprint density at radius 1 is 0.947 bits per heavy atom. The second-order valence-electron chi connectivity index (χ2n) is 4.15. The summed E-state index contributed by atoms with van der Waals surface area (Å²) in [7, 11) is 0. The third-order valence-electron chi connectivity index (χ3n) is 2.80. The van der Waals surface area contributed by atoms with E-state index in [-0.39, 0.29) is 12.2 Å². The fourth-order valence-electron chi connectivity index (χ4n) is 1.82. The molecule has 0 spiro atoms. The van der Waals surface area contributed by atoms with Crippen molar-refractivity contribution in [3.05, 3.63) is 65.2 Å². The van der Waals surface area contributed by atoms with Gasteiger partial charge in [-0.3, -0.25) is 0 Å². The van der Waals surface area contributed by atoms with Crippen molar-refractivity contribution in [1.29, 1.82) is 0 Å². The first-order valence-corrected chi connectivity index (χ1v) is 6.06. The summed E-state index contributed by atoms with van der Waals surface area (Å²) in [6.45, 7) is 0.500. The van der Waals surface area contributed by atoms with Gasteiger partial charge in [-0.15, -0.1) is 0 Å². The Balaban J connectivity index is 2.12. The average molecular weight is 263 g/mol. The predicted molar refractivity (Wildman–Crippen MR) is 69.9 cm³/mol. The van der Waals surface area contributed by atoms with Gasteiger partial charge in [-0.05, 0) is 30.7 Å². The highest BCUT2D eigenvalue weighted by Gasteiger charge is 2.09. The zero-order valence-corrected chi connectivity index (χ0v) is 10.4. The van der Waals surface area contributed by atoms with Crippen LogP contribution < -0.4 is 10.5 Å². The van der Waals surface area contributed by atoms with Gasteiger partial charge in [0, 0.05) is 5.56 Å². The second-order valence-corrected chi connectivity index (χ2v) is 4.15. The lowest BCUT2D eigenvalue weighted by Crippen LogP contribution is -2.06. The number of hydrogen-bond donors (Lipinski definition) is 1. The summed E-state index contributed by atoms with van der Waals surface area (Å²) in [6, 6.07) is 11.5. The zero-order chi connectivity index (χ0) is 13.7. The van der Waals surface area contributed by atoms with Crippen LogP contribution in [0.3, 0.4) is 0 Å². The second kappa shape index (κ2) is 6.29. The number of benzene rings is 2. The summed E-state index contributed by atoms with van der Waals surface area (Å²) < 4.78 is 32.1.